The van der Waals surface area contributed by atoms with Gasteiger partial charge in [0.25, 0.3) is 11.5 Å². The van der Waals surface area contributed by atoms with Crippen LogP contribution in [0.15, 0.2) is 34.0 Å². The summed E-state index contributed by atoms with van der Waals surface area (Å²) < 4.78 is 2.39. The van der Waals surface area contributed by atoms with E-state index in [4.69, 9.17) is 12.2 Å². The lowest BCUT2D eigenvalue weighted by molar-refractivity contribution is -0.122. The first kappa shape index (κ1) is 24.0. The van der Waals surface area contributed by atoms with E-state index in [9.17, 15) is 9.59 Å². The van der Waals surface area contributed by atoms with Crippen LogP contribution in [-0.4, -0.2) is 63.9 Å². The molecule has 8 heteroatoms. The highest BCUT2D eigenvalue weighted by molar-refractivity contribution is 8.26. The summed E-state index contributed by atoms with van der Waals surface area (Å²) in [7, 11) is 0. The van der Waals surface area contributed by atoms with E-state index in [1.54, 1.807) is 11.0 Å². The SMILES string of the molecule is CCCCN1C(=O)C(=Cc2c(N3CCN(CC)CC3)c3ccccc3n(CC)c2=O)SC1=S. The Balaban J connectivity index is 1.86. The monoisotopic (exact) mass is 484 g/mol. The van der Waals surface area contributed by atoms with E-state index in [1.165, 1.54) is 11.8 Å². The fourth-order valence-corrected chi connectivity index (χ4v) is 5.91. The molecular formula is C25H32N4O2S2. The van der Waals surface area contributed by atoms with Crippen molar-refractivity contribution in [2.45, 2.75) is 40.2 Å². The number of nitrogens with zero attached hydrogens (tertiary/aromatic N) is 4. The van der Waals surface area contributed by atoms with Gasteiger partial charge in [-0.1, -0.05) is 62.4 Å². The zero-order valence-corrected chi connectivity index (χ0v) is 21.3. The minimum absolute atomic E-state index is 0.0528. The maximum Gasteiger partial charge on any atom is 0.266 e. The average Bonchev–Trinajstić information content (AvgIpc) is 3.10. The van der Waals surface area contributed by atoms with Gasteiger partial charge in [0.2, 0.25) is 0 Å². The number of thioether (sulfide) groups is 1. The molecule has 0 aliphatic carbocycles. The highest BCUT2D eigenvalue weighted by Gasteiger charge is 2.33. The maximum absolute atomic E-state index is 13.7. The summed E-state index contributed by atoms with van der Waals surface area (Å²) in [5, 5.41) is 1.05. The van der Waals surface area contributed by atoms with Gasteiger partial charge in [-0.25, -0.2) is 0 Å². The Kier molecular flexibility index (Phi) is 7.56. The number of pyridine rings is 1. The summed E-state index contributed by atoms with van der Waals surface area (Å²) in [4.78, 5) is 33.8. The number of anilines is 1. The number of hydrogen-bond acceptors (Lipinski definition) is 6. The van der Waals surface area contributed by atoms with Gasteiger partial charge in [-0.3, -0.25) is 14.5 Å². The molecule has 1 amide bonds. The van der Waals surface area contributed by atoms with Gasteiger partial charge >= 0.3 is 0 Å². The van der Waals surface area contributed by atoms with Gasteiger partial charge in [-0.05, 0) is 32.0 Å². The quantitative estimate of drug-likeness (QED) is 0.434. The molecule has 0 spiro atoms. The number of aryl methyl sites for hydroxylation is 1. The molecule has 0 radical (unpaired) electrons. The van der Waals surface area contributed by atoms with Gasteiger partial charge in [-0.2, -0.15) is 0 Å². The van der Waals surface area contributed by atoms with Gasteiger partial charge in [0.05, 0.1) is 21.7 Å². The minimum Gasteiger partial charge on any atom is -0.368 e. The van der Waals surface area contributed by atoms with Crippen molar-refractivity contribution in [2.24, 2.45) is 0 Å². The largest absolute Gasteiger partial charge is 0.368 e. The number of likely N-dealkylation sites (N-methyl/N-ethyl adjacent to an activating group) is 1. The van der Waals surface area contributed by atoms with Crippen LogP contribution < -0.4 is 10.5 Å². The first-order chi connectivity index (χ1) is 16.0. The molecule has 2 saturated heterocycles. The molecule has 3 heterocycles. The van der Waals surface area contributed by atoms with Crippen molar-refractivity contribution < 1.29 is 4.79 Å². The Morgan fingerprint density at radius 3 is 2.42 bits per heavy atom. The zero-order chi connectivity index (χ0) is 23.5. The molecular weight excluding hydrogens is 452 g/mol. The van der Waals surface area contributed by atoms with Crippen LogP contribution in [-0.2, 0) is 11.3 Å². The Labute approximate surface area is 205 Å². The van der Waals surface area contributed by atoms with Gasteiger partial charge in [0.1, 0.15) is 4.32 Å². The summed E-state index contributed by atoms with van der Waals surface area (Å²) >= 11 is 6.80. The van der Waals surface area contributed by atoms with E-state index in [0.717, 1.165) is 62.2 Å². The van der Waals surface area contributed by atoms with E-state index in [-0.39, 0.29) is 11.5 Å². The molecule has 1 aromatic carbocycles. The third-order valence-corrected chi connectivity index (χ3v) is 7.89. The number of aromatic nitrogens is 1. The zero-order valence-electron chi connectivity index (χ0n) is 19.7. The molecule has 6 nitrogen and oxygen atoms in total. The van der Waals surface area contributed by atoms with Crippen LogP contribution >= 0.6 is 24.0 Å². The van der Waals surface area contributed by atoms with E-state index < -0.39 is 0 Å². The van der Waals surface area contributed by atoms with Crippen molar-refractivity contribution in [1.29, 1.82) is 0 Å². The van der Waals surface area contributed by atoms with Crippen LogP contribution in [0.4, 0.5) is 5.69 Å². The lowest BCUT2D eigenvalue weighted by Gasteiger charge is -2.37. The predicted molar refractivity (Wildman–Crippen MR) is 143 cm³/mol. The Morgan fingerprint density at radius 2 is 1.76 bits per heavy atom. The Hall–Kier alpha value is -2.16. The van der Waals surface area contributed by atoms with E-state index in [1.807, 2.05) is 29.7 Å². The number of hydrogen-bond donors (Lipinski definition) is 0. The molecule has 2 aliphatic rings. The van der Waals surface area contributed by atoms with Crippen molar-refractivity contribution in [3.63, 3.8) is 0 Å². The summed E-state index contributed by atoms with van der Waals surface area (Å²) in [6.07, 6.45) is 3.70. The second-order valence-corrected chi connectivity index (χ2v) is 10.1. The summed E-state index contributed by atoms with van der Waals surface area (Å²) in [5.74, 6) is -0.0872. The number of fused-ring (bicyclic) bond motifs is 1. The van der Waals surface area contributed by atoms with Crippen molar-refractivity contribution in [3.8, 4) is 0 Å². The number of benzene rings is 1. The molecule has 0 atom stereocenters. The van der Waals surface area contributed by atoms with Crippen molar-refractivity contribution >= 4 is 56.9 Å². The molecule has 2 aromatic rings. The Morgan fingerprint density at radius 1 is 1.03 bits per heavy atom. The first-order valence-corrected chi connectivity index (χ1v) is 13.1. The molecule has 0 bridgehead atoms. The second-order valence-electron chi connectivity index (χ2n) is 8.44. The number of carbonyl (C=O) groups excluding carboxylic acids is 1. The third-order valence-electron chi connectivity index (χ3n) is 6.52. The van der Waals surface area contributed by atoms with Crippen LogP contribution in [0, 0.1) is 0 Å². The number of piperazine rings is 1. The smallest absolute Gasteiger partial charge is 0.266 e. The lowest BCUT2D eigenvalue weighted by atomic mass is 10.0. The predicted octanol–water partition coefficient (Wildman–Crippen LogP) is 4.16. The van der Waals surface area contributed by atoms with Gasteiger partial charge in [-0.15, -0.1) is 0 Å². The third kappa shape index (κ3) is 4.61. The number of rotatable bonds is 7. The molecule has 2 aliphatic heterocycles. The fraction of sp³-hybridized carbons (Fsp3) is 0.480. The highest BCUT2D eigenvalue weighted by Crippen LogP contribution is 2.36. The average molecular weight is 485 g/mol. The number of unbranched alkanes of at least 4 members (excludes halogenated alkanes) is 1. The second kappa shape index (κ2) is 10.4. The summed E-state index contributed by atoms with van der Waals surface area (Å²) in [6.45, 7) is 12.1. The number of thiocarbonyl (C=S) groups is 1. The fourth-order valence-electron chi connectivity index (χ4n) is 4.62. The number of para-hydroxylation sites is 1. The number of carbonyl (C=O) groups is 1. The van der Waals surface area contributed by atoms with Crippen LogP contribution in [0.2, 0.25) is 0 Å². The molecule has 1 aromatic heterocycles. The molecule has 0 unspecified atom stereocenters. The summed E-state index contributed by atoms with van der Waals surface area (Å²) in [6, 6.07) is 8.10. The summed E-state index contributed by atoms with van der Waals surface area (Å²) in [5.41, 5.74) is 2.42. The van der Waals surface area contributed by atoms with Crippen molar-refractivity contribution in [3.05, 3.63) is 45.1 Å². The van der Waals surface area contributed by atoms with Crippen molar-refractivity contribution in [1.82, 2.24) is 14.4 Å². The number of amides is 1. The van der Waals surface area contributed by atoms with Gasteiger partial charge in [0, 0.05) is 44.7 Å². The molecule has 2 fully saturated rings. The van der Waals surface area contributed by atoms with E-state index in [0.29, 0.717) is 27.9 Å². The van der Waals surface area contributed by atoms with E-state index in [2.05, 4.69) is 29.7 Å². The van der Waals surface area contributed by atoms with Gasteiger partial charge in [0.15, 0.2) is 0 Å². The minimum atomic E-state index is -0.0872. The maximum atomic E-state index is 13.7. The molecule has 176 valence electrons. The first-order valence-electron chi connectivity index (χ1n) is 11.9. The van der Waals surface area contributed by atoms with Crippen LogP contribution in [0.1, 0.15) is 39.2 Å². The Bertz CT molecular complexity index is 1150. The van der Waals surface area contributed by atoms with Gasteiger partial charge < -0.3 is 14.4 Å². The molecule has 0 saturated carbocycles. The topological polar surface area (TPSA) is 48.8 Å². The van der Waals surface area contributed by atoms with Crippen molar-refractivity contribution in [2.75, 3.05) is 44.2 Å². The molecule has 33 heavy (non-hydrogen) atoms. The van der Waals surface area contributed by atoms with Crippen LogP contribution in [0.5, 0.6) is 0 Å². The van der Waals surface area contributed by atoms with Crippen LogP contribution in [0.25, 0.3) is 17.0 Å². The molecule has 0 N–H and O–H groups in total. The lowest BCUT2D eigenvalue weighted by Crippen LogP contribution is -2.47. The van der Waals surface area contributed by atoms with Crippen LogP contribution in [0.3, 0.4) is 0 Å². The van der Waals surface area contributed by atoms with E-state index >= 15 is 0 Å². The normalized spacial score (nSPS) is 18.8. The molecule has 4 rings (SSSR count). The highest BCUT2D eigenvalue weighted by atomic mass is 32.2. The standard InChI is InChI=1S/C25H32N4O2S2/c1-4-7-12-29-24(31)21(33-25(29)32)17-19-22(27-15-13-26(5-2)14-16-27)18-10-8-9-11-20(18)28(6-3)23(19)30/h8-11,17H,4-7,12-16H2,1-3H3.